The Kier molecular flexibility index (Phi) is 1.31. The standard InChI is InChI=1S/C5H8O3/c6-3-1-2-4(7)5(3)8/h3,5-6,8H,1-2H2. The first-order chi connectivity index (χ1) is 3.72. The maximum atomic E-state index is 10.4. The molecule has 1 rings (SSSR count). The molecule has 1 saturated carbocycles. The Bertz CT molecular complexity index is 110. The molecule has 0 aromatic rings. The van der Waals surface area contributed by atoms with Gasteiger partial charge in [0.1, 0.15) is 6.10 Å². The van der Waals surface area contributed by atoms with E-state index in [-0.39, 0.29) is 5.78 Å². The van der Waals surface area contributed by atoms with Crippen LogP contribution in [0.1, 0.15) is 12.8 Å². The van der Waals surface area contributed by atoms with E-state index in [4.69, 9.17) is 10.2 Å². The molecule has 3 heteroatoms. The van der Waals surface area contributed by atoms with E-state index in [1.165, 1.54) is 0 Å². The second-order valence-corrected chi connectivity index (χ2v) is 2.02. The Labute approximate surface area is 46.9 Å². The number of Topliss-reactive ketones (excluding diaryl/α,β-unsaturated/α-hetero) is 1. The summed E-state index contributed by atoms with van der Waals surface area (Å²) in [6.45, 7) is 0. The van der Waals surface area contributed by atoms with Gasteiger partial charge in [0.05, 0.1) is 6.10 Å². The van der Waals surface area contributed by atoms with Crippen molar-refractivity contribution in [3.63, 3.8) is 0 Å². The highest BCUT2D eigenvalue weighted by atomic mass is 16.3. The molecule has 0 spiro atoms. The van der Waals surface area contributed by atoms with Crippen LogP contribution >= 0.6 is 0 Å². The molecule has 1 aliphatic rings. The summed E-state index contributed by atoms with van der Waals surface area (Å²) in [7, 11) is 0. The highest BCUT2D eigenvalue weighted by Crippen LogP contribution is 2.14. The lowest BCUT2D eigenvalue weighted by atomic mass is 10.3. The summed E-state index contributed by atoms with van der Waals surface area (Å²) < 4.78 is 0. The molecule has 2 N–H and O–H groups in total. The van der Waals surface area contributed by atoms with Crippen LogP contribution in [0.3, 0.4) is 0 Å². The number of hydrogen-bond donors (Lipinski definition) is 2. The Morgan fingerprint density at radius 3 is 2.25 bits per heavy atom. The van der Waals surface area contributed by atoms with Gasteiger partial charge in [-0.2, -0.15) is 0 Å². The van der Waals surface area contributed by atoms with Gasteiger partial charge >= 0.3 is 0 Å². The van der Waals surface area contributed by atoms with Gasteiger partial charge in [-0.05, 0) is 6.42 Å². The third kappa shape index (κ3) is 0.743. The maximum Gasteiger partial charge on any atom is 0.164 e. The molecule has 0 aliphatic heterocycles. The fraction of sp³-hybridized carbons (Fsp3) is 0.800. The minimum absolute atomic E-state index is 0.238. The van der Waals surface area contributed by atoms with Gasteiger partial charge < -0.3 is 10.2 Å². The number of hydrogen-bond acceptors (Lipinski definition) is 3. The van der Waals surface area contributed by atoms with Gasteiger partial charge in [-0.3, -0.25) is 4.79 Å². The Hall–Kier alpha value is -0.410. The third-order valence-corrected chi connectivity index (χ3v) is 1.38. The van der Waals surface area contributed by atoms with Gasteiger partial charge in [0.25, 0.3) is 0 Å². The summed E-state index contributed by atoms with van der Waals surface area (Å²) in [5.41, 5.74) is 0. The van der Waals surface area contributed by atoms with Gasteiger partial charge in [0.15, 0.2) is 5.78 Å². The summed E-state index contributed by atoms with van der Waals surface area (Å²) in [5.74, 6) is -0.238. The second-order valence-electron chi connectivity index (χ2n) is 2.02. The second kappa shape index (κ2) is 1.84. The highest BCUT2D eigenvalue weighted by molar-refractivity contribution is 5.85. The molecule has 0 aromatic carbocycles. The van der Waals surface area contributed by atoms with Crippen LogP contribution in [0.5, 0.6) is 0 Å². The molecular weight excluding hydrogens is 108 g/mol. The predicted octanol–water partition coefficient (Wildman–Crippen LogP) is -0.929. The summed E-state index contributed by atoms with van der Waals surface area (Å²) in [6, 6.07) is 0. The monoisotopic (exact) mass is 116 g/mol. The van der Waals surface area contributed by atoms with E-state index < -0.39 is 12.2 Å². The largest absolute Gasteiger partial charge is 0.390 e. The van der Waals surface area contributed by atoms with Crippen LogP contribution in [0.25, 0.3) is 0 Å². The van der Waals surface area contributed by atoms with Gasteiger partial charge in [-0.15, -0.1) is 0 Å². The van der Waals surface area contributed by atoms with Crippen LogP contribution in [0.4, 0.5) is 0 Å². The van der Waals surface area contributed by atoms with Crippen molar-refractivity contribution in [2.24, 2.45) is 0 Å². The molecule has 2 atom stereocenters. The first-order valence-electron chi connectivity index (χ1n) is 2.60. The number of aliphatic hydroxyl groups excluding tert-OH is 2. The average Bonchev–Trinajstić information content (AvgIpc) is 1.98. The molecule has 46 valence electrons. The van der Waals surface area contributed by atoms with Crippen LogP contribution in [0.2, 0.25) is 0 Å². The molecule has 0 saturated heterocycles. The molecule has 3 nitrogen and oxygen atoms in total. The average molecular weight is 116 g/mol. The van der Waals surface area contributed by atoms with Crippen molar-refractivity contribution in [1.29, 1.82) is 0 Å². The fourth-order valence-electron chi connectivity index (χ4n) is 0.810. The lowest BCUT2D eigenvalue weighted by molar-refractivity contribution is -0.126. The van der Waals surface area contributed by atoms with Crippen molar-refractivity contribution in [3.8, 4) is 0 Å². The zero-order valence-corrected chi connectivity index (χ0v) is 4.37. The van der Waals surface area contributed by atoms with Crippen molar-refractivity contribution in [3.05, 3.63) is 0 Å². The summed E-state index contributed by atoms with van der Waals surface area (Å²) in [5, 5.41) is 17.4. The SMILES string of the molecule is O=C1CCC(O)C1O. The van der Waals surface area contributed by atoms with E-state index in [0.29, 0.717) is 12.8 Å². The maximum absolute atomic E-state index is 10.4. The number of ketones is 1. The lowest BCUT2D eigenvalue weighted by Gasteiger charge is -2.02. The van der Waals surface area contributed by atoms with Crippen molar-refractivity contribution in [1.82, 2.24) is 0 Å². The lowest BCUT2D eigenvalue weighted by Crippen LogP contribution is -2.24. The zero-order chi connectivity index (χ0) is 6.15. The molecule has 1 aliphatic carbocycles. The molecule has 1 fully saturated rings. The Morgan fingerprint density at radius 2 is 2.12 bits per heavy atom. The van der Waals surface area contributed by atoms with Crippen LogP contribution < -0.4 is 0 Å². The molecule has 0 amide bonds. The van der Waals surface area contributed by atoms with Crippen molar-refractivity contribution in [2.75, 3.05) is 0 Å². The number of carbonyl (C=O) groups excluding carboxylic acids is 1. The molecular formula is C5H8O3. The summed E-state index contributed by atoms with van der Waals surface area (Å²) in [6.07, 6.45) is -1.17. The van der Waals surface area contributed by atoms with Crippen LogP contribution in [0, 0.1) is 0 Å². The van der Waals surface area contributed by atoms with Crippen molar-refractivity contribution in [2.45, 2.75) is 25.0 Å². The topological polar surface area (TPSA) is 57.5 Å². The number of aliphatic hydroxyl groups is 2. The van der Waals surface area contributed by atoms with Gasteiger partial charge in [-0.1, -0.05) is 0 Å². The molecule has 8 heavy (non-hydrogen) atoms. The number of rotatable bonds is 0. The van der Waals surface area contributed by atoms with E-state index in [0.717, 1.165) is 0 Å². The summed E-state index contributed by atoms with van der Waals surface area (Å²) in [4.78, 5) is 10.4. The normalized spacial score (nSPS) is 38.5. The quantitative estimate of drug-likeness (QED) is 0.430. The first-order valence-corrected chi connectivity index (χ1v) is 2.60. The van der Waals surface area contributed by atoms with Crippen LogP contribution in [-0.2, 0) is 4.79 Å². The number of carbonyl (C=O) groups is 1. The zero-order valence-electron chi connectivity index (χ0n) is 4.37. The van der Waals surface area contributed by atoms with Gasteiger partial charge in [-0.25, -0.2) is 0 Å². The van der Waals surface area contributed by atoms with E-state index in [2.05, 4.69) is 0 Å². The predicted molar refractivity (Wildman–Crippen MR) is 26.3 cm³/mol. The molecule has 0 bridgehead atoms. The Morgan fingerprint density at radius 1 is 1.50 bits per heavy atom. The van der Waals surface area contributed by atoms with Crippen molar-refractivity contribution >= 4 is 5.78 Å². The van der Waals surface area contributed by atoms with Gasteiger partial charge in [0, 0.05) is 6.42 Å². The minimum Gasteiger partial charge on any atom is -0.390 e. The van der Waals surface area contributed by atoms with E-state index in [1.807, 2.05) is 0 Å². The van der Waals surface area contributed by atoms with Crippen LogP contribution in [0.15, 0.2) is 0 Å². The molecule has 0 radical (unpaired) electrons. The fourth-order valence-corrected chi connectivity index (χ4v) is 0.810. The van der Waals surface area contributed by atoms with E-state index >= 15 is 0 Å². The van der Waals surface area contributed by atoms with Crippen LogP contribution in [-0.4, -0.2) is 28.2 Å². The molecule has 0 aromatic heterocycles. The molecule has 0 heterocycles. The van der Waals surface area contributed by atoms with Crippen molar-refractivity contribution < 1.29 is 15.0 Å². The smallest absolute Gasteiger partial charge is 0.164 e. The third-order valence-electron chi connectivity index (χ3n) is 1.38. The van der Waals surface area contributed by atoms with Gasteiger partial charge in [0.2, 0.25) is 0 Å². The van der Waals surface area contributed by atoms with E-state index in [9.17, 15) is 4.79 Å². The molecule has 2 unspecified atom stereocenters. The minimum atomic E-state index is -1.10. The van der Waals surface area contributed by atoms with E-state index in [1.54, 1.807) is 0 Å². The summed E-state index contributed by atoms with van der Waals surface area (Å²) >= 11 is 0. The first kappa shape index (κ1) is 5.72. The Balaban J connectivity index is 2.56. The highest BCUT2D eigenvalue weighted by Gasteiger charge is 2.30.